The van der Waals surface area contributed by atoms with Gasteiger partial charge in [-0.15, -0.1) is 0 Å². The van der Waals surface area contributed by atoms with Crippen molar-refractivity contribution in [1.29, 1.82) is 0 Å². The van der Waals surface area contributed by atoms with E-state index < -0.39 is 12.0 Å². The van der Waals surface area contributed by atoms with Crippen molar-refractivity contribution in [3.8, 4) is 5.75 Å². The third kappa shape index (κ3) is 5.54. The molecule has 4 aromatic rings. The molecule has 4 rings (SSSR count). The van der Waals surface area contributed by atoms with Crippen molar-refractivity contribution in [2.75, 3.05) is 7.11 Å². The summed E-state index contributed by atoms with van der Waals surface area (Å²) in [4.78, 5) is 29.8. The number of carbonyl (C=O) groups excluding carboxylic acids is 2. The second-order valence-corrected chi connectivity index (χ2v) is 7.56. The highest BCUT2D eigenvalue weighted by Crippen LogP contribution is 2.19. The summed E-state index contributed by atoms with van der Waals surface area (Å²) in [5.74, 6) is -0.220. The molecular weight excluding hydrogens is 416 g/mol. The third-order valence-corrected chi connectivity index (χ3v) is 5.25. The lowest BCUT2D eigenvalue weighted by Gasteiger charge is -2.17. The van der Waals surface area contributed by atoms with Gasteiger partial charge in [-0.25, -0.2) is 4.79 Å². The van der Waals surface area contributed by atoms with Crippen LogP contribution in [0, 0.1) is 0 Å². The van der Waals surface area contributed by atoms with Gasteiger partial charge in [0.1, 0.15) is 18.4 Å². The number of nitrogens with zero attached hydrogens (tertiary/aromatic N) is 1. The molecular formula is C27H24N2O4. The first-order chi connectivity index (χ1) is 16.1. The summed E-state index contributed by atoms with van der Waals surface area (Å²) in [6.45, 7) is 0.440. The van der Waals surface area contributed by atoms with Gasteiger partial charge in [0.2, 0.25) is 0 Å². The Balaban J connectivity index is 1.49. The lowest BCUT2D eigenvalue weighted by atomic mass is 10.0. The zero-order valence-electron chi connectivity index (χ0n) is 18.2. The summed E-state index contributed by atoms with van der Waals surface area (Å²) in [6.07, 6.45) is 1.90. The van der Waals surface area contributed by atoms with Gasteiger partial charge in [-0.3, -0.25) is 9.78 Å². The Bertz CT molecular complexity index is 1250. The molecule has 33 heavy (non-hydrogen) atoms. The van der Waals surface area contributed by atoms with Crippen molar-refractivity contribution >= 4 is 22.8 Å². The minimum absolute atomic E-state index is 0.263. The molecule has 0 radical (unpaired) electrons. The van der Waals surface area contributed by atoms with Crippen LogP contribution in [0.4, 0.5) is 0 Å². The zero-order valence-corrected chi connectivity index (χ0v) is 18.2. The molecule has 1 N–H and O–H groups in total. The van der Waals surface area contributed by atoms with E-state index in [0.29, 0.717) is 23.4 Å². The molecule has 3 aromatic carbocycles. The van der Waals surface area contributed by atoms with Crippen LogP contribution in [0.2, 0.25) is 0 Å². The number of benzene rings is 3. The third-order valence-electron chi connectivity index (χ3n) is 5.25. The van der Waals surface area contributed by atoms with Crippen LogP contribution in [-0.2, 0) is 22.6 Å². The van der Waals surface area contributed by atoms with Crippen LogP contribution in [-0.4, -0.2) is 30.0 Å². The van der Waals surface area contributed by atoms with E-state index in [0.717, 1.165) is 16.5 Å². The van der Waals surface area contributed by atoms with E-state index in [1.807, 2.05) is 72.8 Å². The molecule has 0 saturated carbocycles. The van der Waals surface area contributed by atoms with E-state index in [2.05, 4.69) is 10.3 Å². The molecule has 0 spiro atoms. The average molecular weight is 440 g/mol. The van der Waals surface area contributed by atoms with Crippen molar-refractivity contribution in [3.05, 3.63) is 108 Å². The number of aromatic nitrogens is 1. The van der Waals surface area contributed by atoms with Crippen molar-refractivity contribution in [2.24, 2.45) is 0 Å². The summed E-state index contributed by atoms with van der Waals surface area (Å²) >= 11 is 0. The quantitative estimate of drug-likeness (QED) is 0.413. The summed E-state index contributed by atoms with van der Waals surface area (Å²) < 4.78 is 10.8. The number of para-hydroxylation sites is 1. The Hall–Kier alpha value is -4.19. The van der Waals surface area contributed by atoms with Crippen LogP contribution in [0.15, 0.2) is 91.1 Å². The molecule has 6 heteroatoms. The van der Waals surface area contributed by atoms with Crippen LogP contribution in [0.25, 0.3) is 10.9 Å². The summed E-state index contributed by atoms with van der Waals surface area (Å²) in [7, 11) is 1.31. The summed E-state index contributed by atoms with van der Waals surface area (Å²) in [5, 5.41) is 3.66. The largest absolute Gasteiger partial charge is 0.489 e. The van der Waals surface area contributed by atoms with Gasteiger partial charge < -0.3 is 14.8 Å². The predicted octanol–water partition coefficient (Wildman–Crippen LogP) is 4.33. The number of hydrogen-bond acceptors (Lipinski definition) is 5. The van der Waals surface area contributed by atoms with Crippen LogP contribution in [0.5, 0.6) is 5.75 Å². The van der Waals surface area contributed by atoms with Crippen LogP contribution in [0.3, 0.4) is 0 Å². The van der Waals surface area contributed by atoms with Gasteiger partial charge in [-0.05, 0) is 35.4 Å². The van der Waals surface area contributed by atoms with Crippen molar-refractivity contribution in [2.45, 2.75) is 19.1 Å². The lowest BCUT2D eigenvalue weighted by molar-refractivity contribution is -0.142. The Morgan fingerprint density at radius 2 is 1.67 bits per heavy atom. The fraction of sp³-hybridized carbons (Fsp3) is 0.148. The molecule has 0 fully saturated rings. The molecule has 166 valence electrons. The number of methoxy groups -OCH3 is 1. The minimum atomic E-state index is -0.856. The van der Waals surface area contributed by atoms with E-state index >= 15 is 0 Å². The normalized spacial score (nSPS) is 11.5. The lowest BCUT2D eigenvalue weighted by Crippen LogP contribution is -2.43. The molecule has 1 heterocycles. The van der Waals surface area contributed by atoms with E-state index in [1.54, 1.807) is 18.3 Å². The van der Waals surface area contributed by atoms with Gasteiger partial charge in [0.15, 0.2) is 0 Å². The topological polar surface area (TPSA) is 77.5 Å². The Morgan fingerprint density at radius 1 is 0.909 bits per heavy atom. The second-order valence-electron chi connectivity index (χ2n) is 7.56. The molecule has 0 saturated heterocycles. The van der Waals surface area contributed by atoms with Gasteiger partial charge in [-0.2, -0.15) is 0 Å². The van der Waals surface area contributed by atoms with Crippen molar-refractivity contribution in [3.63, 3.8) is 0 Å². The smallest absolute Gasteiger partial charge is 0.328 e. The number of pyridine rings is 1. The van der Waals surface area contributed by atoms with Gasteiger partial charge in [0.25, 0.3) is 5.91 Å². The fourth-order valence-corrected chi connectivity index (χ4v) is 3.60. The average Bonchev–Trinajstić information content (AvgIpc) is 2.87. The number of rotatable bonds is 8. The number of fused-ring (bicyclic) bond motifs is 1. The number of ether oxygens (including phenoxy) is 2. The highest BCUT2D eigenvalue weighted by molar-refractivity contribution is 6.06. The monoisotopic (exact) mass is 440 g/mol. The maximum absolute atomic E-state index is 13.0. The molecule has 1 atom stereocenters. The highest BCUT2D eigenvalue weighted by Gasteiger charge is 2.24. The van der Waals surface area contributed by atoms with Crippen LogP contribution < -0.4 is 10.1 Å². The SMILES string of the molecule is COC(=O)[C@@H](Cc1cccc(OCc2ccccc2)c1)NC(=O)c1cccc2cccnc12. The van der Waals surface area contributed by atoms with Gasteiger partial charge in [0.05, 0.1) is 18.2 Å². The number of carbonyl (C=O) groups is 2. The molecule has 1 amide bonds. The zero-order chi connectivity index (χ0) is 23.0. The van der Waals surface area contributed by atoms with Crippen molar-refractivity contribution < 1.29 is 19.1 Å². The Kier molecular flexibility index (Phi) is 6.95. The second kappa shape index (κ2) is 10.4. The molecule has 0 unspecified atom stereocenters. The number of amides is 1. The first-order valence-electron chi connectivity index (χ1n) is 10.6. The first-order valence-corrected chi connectivity index (χ1v) is 10.6. The number of esters is 1. The Labute approximate surface area is 192 Å². The standard InChI is InChI=1S/C27H24N2O4/c1-32-27(31)24(29-26(30)23-14-6-11-21-12-7-15-28-25(21)23)17-20-10-5-13-22(16-20)33-18-19-8-3-2-4-9-19/h2-16,24H,17-18H2,1H3,(H,29,30)/t24-/m1/s1. The summed E-state index contributed by atoms with van der Waals surface area (Å²) in [6, 6.07) is 25.6. The maximum atomic E-state index is 13.0. The van der Waals surface area contributed by atoms with E-state index in [9.17, 15) is 9.59 Å². The van der Waals surface area contributed by atoms with Gasteiger partial charge >= 0.3 is 5.97 Å². The summed E-state index contributed by atoms with van der Waals surface area (Å²) in [5.41, 5.74) is 2.89. The molecule has 0 bridgehead atoms. The van der Waals surface area contributed by atoms with E-state index in [1.165, 1.54) is 7.11 Å². The molecule has 1 aromatic heterocycles. The van der Waals surface area contributed by atoms with Crippen molar-refractivity contribution in [1.82, 2.24) is 10.3 Å². The molecule has 6 nitrogen and oxygen atoms in total. The van der Waals surface area contributed by atoms with Gasteiger partial charge in [0, 0.05) is 18.0 Å². The molecule has 0 aliphatic carbocycles. The first kappa shape index (κ1) is 22.0. The minimum Gasteiger partial charge on any atom is -0.489 e. The number of hydrogen-bond donors (Lipinski definition) is 1. The maximum Gasteiger partial charge on any atom is 0.328 e. The van der Waals surface area contributed by atoms with E-state index in [-0.39, 0.29) is 12.3 Å². The predicted molar refractivity (Wildman–Crippen MR) is 126 cm³/mol. The number of nitrogens with one attached hydrogen (secondary N) is 1. The molecule has 0 aliphatic heterocycles. The highest BCUT2D eigenvalue weighted by atomic mass is 16.5. The molecule has 0 aliphatic rings. The van der Waals surface area contributed by atoms with E-state index in [4.69, 9.17) is 9.47 Å². The van der Waals surface area contributed by atoms with Crippen LogP contribution >= 0.6 is 0 Å². The Morgan fingerprint density at radius 3 is 2.48 bits per heavy atom. The van der Waals surface area contributed by atoms with Crippen LogP contribution in [0.1, 0.15) is 21.5 Å². The van der Waals surface area contributed by atoms with Gasteiger partial charge in [-0.1, -0.05) is 60.7 Å². The fourth-order valence-electron chi connectivity index (χ4n) is 3.60.